The van der Waals surface area contributed by atoms with Gasteiger partial charge in [0.25, 0.3) is 0 Å². The predicted molar refractivity (Wildman–Crippen MR) is 81.6 cm³/mol. The molecule has 1 aromatic heterocycles. The summed E-state index contributed by atoms with van der Waals surface area (Å²) in [5.74, 6) is -0.484. The van der Waals surface area contributed by atoms with Crippen molar-refractivity contribution in [2.75, 3.05) is 5.32 Å². The number of aryl methyl sites for hydroxylation is 1. The Morgan fingerprint density at radius 3 is 2.81 bits per heavy atom. The summed E-state index contributed by atoms with van der Waals surface area (Å²) in [6, 6.07) is 16.0. The summed E-state index contributed by atoms with van der Waals surface area (Å²) in [5, 5.41) is 3.86. The van der Waals surface area contributed by atoms with Crippen LogP contribution in [0, 0.1) is 5.82 Å². The molecule has 1 heterocycles. The first-order valence-corrected chi connectivity index (χ1v) is 6.82. The fraction of sp³-hybridized carbons (Fsp3) is 0.118. The van der Waals surface area contributed by atoms with E-state index in [-0.39, 0.29) is 11.7 Å². The molecule has 3 aromatic rings. The van der Waals surface area contributed by atoms with Crippen LogP contribution in [0.25, 0.3) is 10.9 Å². The molecule has 1 N–H and O–H groups in total. The number of para-hydroxylation sites is 1. The molecule has 21 heavy (non-hydrogen) atoms. The van der Waals surface area contributed by atoms with Crippen LogP contribution in [0.5, 0.6) is 0 Å². The van der Waals surface area contributed by atoms with E-state index in [1.165, 1.54) is 12.1 Å². The standard InChI is InChI=1S/C17H15FN2O/c18-14-5-3-6-15(12-14)19-17(21)9-11-20-10-8-13-4-1-2-7-16(13)20/h1-8,10,12H,9,11H2,(H,19,21). The lowest BCUT2D eigenvalue weighted by Crippen LogP contribution is -2.14. The second-order valence-corrected chi connectivity index (χ2v) is 4.88. The molecule has 0 radical (unpaired) electrons. The molecule has 0 fully saturated rings. The van der Waals surface area contributed by atoms with Crippen LogP contribution in [0.1, 0.15) is 6.42 Å². The van der Waals surface area contributed by atoms with Crippen LogP contribution in [0.4, 0.5) is 10.1 Å². The Morgan fingerprint density at radius 1 is 1.10 bits per heavy atom. The van der Waals surface area contributed by atoms with Gasteiger partial charge in [0.15, 0.2) is 0 Å². The minimum absolute atomic E-state index is 0.126. The van der Waals surface area contributed by atoms with Gasteiger partial charge in [0.05, 0.1) is 0 Å². The first-order valence-electron chi connectivity index (χ1n) is 6.82. The van der Waals surface area contributed by atoms with Gasteiger partial charge in [0, 0.05) is 30.4 Å². The van der Waals surface area contributed by atoms with E-state index in [0.29, 0.717) is 18.7 Å². The van der Waals surface area contributed by atoms with Gasteiger partial charge in [0.2, 0.25) is 5.91 Å². The van der Waals surface area contributed by atoms with Crippen molar-refractivity contribution in [3.63, 3.8) is 0 Å². The third kappa shape index (κ3) is 3.11. The highest BCUT2D eigenvalue weighted by molar-refractivity contribution is 5.90. The monoisotopic (exact) mass is 282 g/mol. The summed E-state index contributed by atoms with van der Waals surface area (Å²) in [6.45, 7) is 0.592. The van der Waals surface area contributed by atoms with Crippen LogP contribution in [-0.4, -0.2) is 10.5 Å². The number of nitrogens with one attached hydrogen (secondary N) is 1. The normalized spacial score (nSPS) is 10.7. The lowest BCUT2D eigenvalue weighted by atomic mass is 10.2. The average Bonchev–Trinajstić information content (AvgIpc) is 2.88. The number of benzene rings is 2. The summed E-state index contributed by atoms with van der Waals surface area (Å²) in [5.41, 5.74) is 1.59. The second-order valence-electron chi connectivity index (χ2n) is 4.88. The van der Waals surface area contributed by atoms with Crippen molar-refractivity contribution in [2.24, 2.45) is 0 Å². The Kier molecular flexibility index (Phi) is 3.69. The number of aromatic nitrogens is 1. The molecule has 1 amide bonds. The molecule has 0 saturated carbocycles. The van der Waals surface area contributed by atoms with Gasteiger partial charge in [-0.1, -0.05) is 24.3 Å². The van der Waals surface area contributed by atoms with Gasteiger partial charge in [-0.05, 0) is 35.7 Å². The van der Waals surface area contributed by atoms with E-state index in [0.717, 1.165) is 10.9 Å². The van der Waals surface area contributed by atoms with Crippen LogP contribution in [0.15, 0.2) is 60.8 Å². The van der Waals surface area contributed by atoms with Gasteiger partial charge in [0.1, 0.15) is 5.82 Å². The van der Waals surface area contributed by atoms with E-state index in [4.69, 9.17) is 0 Å². The molecule has 3 rings (SSSR count). The Bertz CT molecular complexity index is 779. The maximum Gasteiger partial charge on any atom is 0.226 e. The van der Waals surface area contributed by atoms with Crippen LogP contribution < -0.4 is 5.32 Å². The molecule has 3 nitrogen and oxygen atoms in total. The van der Waals surface area contributed by atoms with Crippen LogP contribution in [0.2, 0.25) is 0 Å². The number of amides is 1. The second kappa shape index (κ2) is 5.79. The van der Waals surface area contributed by atoms with Crippen LogP contribution in [-0.2, 0) is 11.3 Å². The average molecular weight is 282 g/mol. The Hall–Kier alpha value is -2.62. The lowest BCUT2D eigenvalue weighted by Gasteiger charge is -2.07. The van der Waals surface area contributed by atoms with Crippen molar-refractivity contribution in [1.82, 2.24) is 4.57 Å². The zero-order valence-electron chi connectivity index (χ0n) is 11.4. The number of fused-ring (bicyclic) bond motifs is 1. The summed E-state index contributed by atoms with van der Waals surface area (Å²) in [4.78, 5) is 11.9. The minimum Gasteiger partial charge on any atom is -0.347 e. The van der Waals surface area contributed by atoms with Gasteiger partial charge in [-0.3, -0.25) is 4.79 Å². The zero-order chi connectivity index (χ0) is 14.7. The molecule has 106 valence electrons. The molecule has 0 aliphatic carbocycles. The number of hydrogen-bond acceptors (Lipinski definition) is 1. The summed E-state index contributed by atoms with van der Waals surface area (Å²) < 4.78 is 15.1. The minimum atomic E-state index is -0.357. The number of halogens is 1. The topological polar surface area (TPSA) is 34.0 Å². The van der Waals surface area contributed by atoms with E-state index in [2.05, 4.69) is 5.32 Å². The van der Waals surface area contributed by atoms with Gasteiger partial charge in [-0.25, -0.2) is 4.39 Å². The van der Waals surface area contributed by atoms with Gasteiger partial charge < -0.3 is 9.88 Å². The zero-order valence-corrected chi connectivity index (χ0v) is 11.4. The number of rotatable bonds is 4. The highest BCUT2D eigenvalue weighted by Crippen LogP contribution is 2.15. The van der Waals surface area contributed by atoms with Crippen molar-refractivity contribution in [3.05, 3.63) is 66.6 Å². The Labute approximate surface area is 122 Å². The van der Waals surface area contributed by atoms with Gasteiger partial charge in [-0.15, -0.1) is 0 Å². The fourth-order valence-corrected chi connectivity index (χ4v) is 2.35. The SMILES string of the molecule is O=C(CCn1ccc2ccccc21)Nc1cccc(F)c1. The Morgan fingerprint density at radius 2 is 1.95 bits per heavy atom. The number of carbonyl (C=O) groups excluding carboxylic acids is 1. The molecule has 0 unspecified atom stereocenters. The number of nitrogens with zero attached hydrogens (tertiary/aromatic N) is 1. The third-order valence-corrected chi connectivity index (χ3v) is 3.37. The molecule has 0 aliphatic rings. The summed E-state index contributed by atoms with van der Waals surface area (Å²) in [7, 11) is 0. The molecule has 0 aliphatic heterocycles. The first kappa shape index (κ1) is 13.4. The van der Waals surface area contributed by atoms with E-state index in [1.807, 2.05) is 41.1 Å². The molecular formula is C17H15FN2O. The van der Waals surface area contributed by atoms with Crippen molar-refractivity contribution in [2.45, 2.75) is 13.0 Å². The van der Waals surface area contributed by atoms with Crippen molar-refractivity contribution in [1.29, 1.82) is 0 Å². The van der Waals surface area contributed by atoms with E-state index < -0.39 is 0 Å². The van der Waals surface area contributed by atoms with Crippen LogP contribution in [0.3, 0.4) is 0 Å². The van der Waals surface area contributed by atoms with E-state index in [1.54, 1.807) is 12.1 Å². The first-order chi connectivity index (χ1) is 10.2. The highest BCUT2D eigenvalue weighted by Gasteiger charge is 2.05. The molecule has 4 heteroatoms. The third-order valence-electron chi connectivity index (χ3n) is 3.37. The predicted octanol–water partition coefficient (Wildman–Crippen LogP) is 3.81. The van der Waals surface area contributed by atoms with Crippen molar-refractivity contribution >= 4 is 22.5 Å². The molecular weight excluding hydrogens is 267 g/mol. The van der Waals surface area contributed by atoms with E-state index in [9.17, 15) is 9.18 Å². The quantitative estimate of drug-likeness (QED) is 0.775. The molecule has 0 saturated heterocycles. The lowest BCUT2D eigenvalue weighted by molar-refractivity contribution is -0.116. The molecule has 0 bridgehead atoms. The molecule has 0 spiro atoms. The van der Waals surface area contributed by atoms with Crippen molar-refractivity contribution in [3.8, 4) is 0 Å². The van der Waals surface area contributed by atoms with Crippen molar-refractivity contribution < 1.29 is 9.18 Å². The van der Waals surface area contributed by atoms with Gasteiger partial charge in [-0.2, -0.15) is 0 Å². The largest absolute Gasteiger partial charge is 0.347 e. The molecule has 2 aromatic carbocycles. The number of hydrogen-bond donors (Lipinski definition) is 1. The van der Waals surface area contributed by atoms with Crippen LogP contribution >= 0.6 is 0 Å². The fourth-order valence-electron chi connectivity index (χ4n) is 2.35. The number of anilines is 1. The highest BCUT2D eigenvalue weighted by atomic mass is 19.1. The Balaban J connectivity index is 1.63. The molecule has 0 atom stereocenters. The van der Waals surface area contributed by atoms with Gasteiger partial charge >= 0.3 is 0 Å². The summed E-state index contributed by atoms with van der Waals surface area (Å²) in [6.07, 6.45) is 2.31. The smallest absolute Gasteiger partial charge is 0.226 e. The maximum atomic E-state index is 13.0. The summed E-state index contributed by atoms with van der Waals surface area (Å²) >= 11 is 0. The maximum absolute atomic E-state index is 13.0. The van der Waals surface area contributed by atoms with E-state index >= 15 is 0 Å². The number of carbonyl (C=O) groups is 1.